The van der Waals surface area contributed by atoms with Crippen LogP contribution < -0.4 is 5.32 Å². The van der Waals surface area contributed by atoms with Crippen molar-refractivity contribution >= 4 is 17.8 Å². The molecule has 0 saturated heterocycles. The highest BCUT2D eigenvalue weighted by Gasteiger charge is 2.22. The predicted molar refractivity (Wildman–Crippen MR) is 65.1 cm³/mol. The highest BCUT2D eigenvalue weighted by atomic mass is 16.4. The zero-order valence-electron chi connectivity index (χ0n) is 10.8. The Kier molecular flexibility index (Phi) is 7.74. The van der Waals surface area contributed by atoms with Crippen LogP contribution in [-0.4, -0.2) is 34.1 Å². The smallest absolute Gasteiger partial charge is 0.326 e. The Labute approximate surface area is 106 Å². The van der Waals surface area contributed by atoms with Gasteiger partial charge >= 0.3 is 11.9 Å². The number of hydrogen-bond donors (Lipinski definition) is 3. The Balaban J connectivity index is 4.22. The average molecular weight is 259 g/mol. The maximum absolute atomic E-state index is 11.7. The van der Waals surface area contributed by atoms with Crippen LogP contribution in [0.5, 0.6) is 0 Å². The number of carbonyl (C=O) groups excluding carboxylic acids is 1. The molecule has 0 aliphatic carbocycles. The summed E-state index contributed by atoms with van der Waals surface area (Å²) in [6.45, 7) is 3.69. The fourth-order valence-electron chi connectivity index (χ4n) is 1.59. The van der Waals surface area contributed by atoms with E-state index in [0.29, 0.717) is 6.42 Å². The van der Waals surface area contributed by atoms with E-state index in [1.165, 1.54) is 0 Å². The van der Waals surface area contributed by atoms with Crippen LogP contribution >= 0.6 is 0 Å². The van der Waals surface area contributed by atoms with Crippen molar-refractivity contribution in [3.05, 3.63) is 0 Å². The van der Waals surface area contributed by atoms with E-state index in [9.17, 15) is 14.4 Å². The summed E-state index contributed by atoms with van der Waals surface area (Å²) in [6, 6.07) is -1.00. The summed E-state index contributed by atoms with van der Waals surface area (Å²) < 4.78 is 0. The van der Waals surface area contributed by atoms with Crippen LogP contribution in [0.3, 0.4) is 0 Å². The van der Waals surface area contributed by atoms with Gasteiger partial charge in [-0.05, 0) is 19.3 Å². The number of hydrogen-bond acceptors (Lipinski definition) is 3. The molecule has 104 valence electrons. The second kappa shape index (κ2) is 8.49. The molecule has 1 amide bonds. The van der Waals surface area contributed by atoms with Crippen LogP contribution in [0.2, 0.25) is 0 Å². The maximum atomic E-state index is 11.7. The van der Waals surface area contributed by atoms with Crippen molar-refractivity contribution in [1.29, 1.82) is 0 Å². The highest BCUT2D eigenvalue weighted by Crippen LogP contribution is 2.07. The Bertz CT molecular complexity index is 303. The third kappa shape index (κ3) is 6.88. The van der Waals surface area contributed by atoms with Crippen molar-refractivity contribution in [2.75, 3.05) is 0 Å². The summed E-state index contributed by atoms with van der Waals surface area (Å²) in [7, 11) is 0. The van der Waals surface area contributed by atoms with Gasteiger partial charge < -0.3 is 15.5 Å². The molecule has 18 heavy (non-hydrogen) atoms. The third-order valence-corrected chi connectivity index (χ3v) is 2.67. The van der Waals surface area contributed by atoms with E-state index in [0.717, 1.165) is 6.42 Å². The number of carboxylic acid groups (broad SMARTS) is 2. The van der Waals surface area contributed by atoms with E-state index < -0.39 is 18.0 Å². The van der Waals surface area contributed by atoms with Gasteiger partial charge in [-0.1, -0.05) is 20.3 Å². The molecule has 0 aromatic rings. The molecule has 2 atom stereocenters. The fraction of sp³-hybridized carbons (Fsp3) is 0.750. The van der Waals surface area contributed by atoms with Gasteiger partial charge in [0.25, 0.3) is 0 Å². The van der Waals surface area contributed by atoms with Gasteiger partial charge in [0.15, 0.2) is 0 Å². The molecule has 1 unspecified atom stereocenters. The monoisotopic (exact) mass is 259 g/mol. The lowest BCUT2D eigenvalue weighted by atomic mass is 10.0. The normalized spacial score (nSPS) is 13.7. The summed E-state index contributed by atoms with van der Waals surface area (Å²) in [5, 5.41) is 19.9. The van der Waals surface area contributed by atoms with Crippen LogP contribution in [0.15, 0.2) is 0 Å². The number of rotatable bonds is 9. The molecule has 0 aliphatic rings. The molecule has 0 aromatic carbocycles. The molecule has 0 saturated carbocycles. The van der Waals surface area contributed by atoms with E-state index >= 15 is 0 Å². The molecule has 0 rings (SSSR count). The fourth-order valence-corrected chi connectivity index (χ4v) is 1.59. The van der Waals surface area contributed by atoms with Crippen molar-refractivity contribution in [2.45, 2.75) is 52.0 Å². The quantitative estimate of drug-likeness (QED) is 0.578. The number of carboxylic acids is 2. The van der Waals surface area contributed by atoms with Crippen LogP contribution in [0.25, 0.3) is 0 Å². The second-order valence-electron chi connectivity index (χ2n) is 4.38. The van der Waals surface area contributed by atoms with Gasteiger partial charge in [0.05, 0.1) is 0 Å². The number of nitrogens with one attached hydrogen (secondary N) is 1. The summed E-state index contributed by atoms with van der Waals surface area (Å²) >= 11 is 0. The lowest BCUT2D eigenvalue weighted by Gasteiger charge is -2.17. The first-order valence-corrected chi connectivity index (χ1v) is 6.13. The van der Waals surface area contributed by atoms with E-state index in [1.807, 2.05) is 6.92 Å². The zero-order chi connectivity index (χ0) is 14.1. The second-order valence-corrected chi connectivity index (χ2v) is 4.38. The summed E-state index contributed by atoms with van der Waals surface area (Å²) in [4.78, 5) is 32.9. The van der Waals surface area contributed by atoms with Gasteiger partial charge in [-0.25, -0.2) is 4.79 Å². The summed E-state index contributed by atoms with van der Waals surface area (Å²) in [5.41, 5.74) is 0. The average Bonchev–Trinajstić information content (AvgIpc) is 2.27. The number of carbonyl (C=O) groups is 3. The van der Waals surface area contributed by atoms with E-state index in [4.69, 9.17) is 10.2 Å². The first-order chi connectivity index (χ1) is 8.38. The standard InChI is InChI=1S/C12H21NO5/c1-3-5-8(2)11(16)13-9(12(17)18)6-4-7-10(14)15/h8-9H,3-7H2,1-2H3,(H,13,16)(H,14,15)(H,17,18)/t8?,9-/m1/s1. The molecular weight excluding hydrogens is 238 g/mol. The molecule has 0 heterocycles. The lowest BCUT2D eigenvalue weighted by molar-refractivity contribution is -0.143. The largest absolute Gasteiger partial charge is 0.481 e. The van der Waals surface area contributed by atoms with E-state index in [-0.39, 0.29) is 31.1 Å². The Hall–Kier alpha value is -1.59. The molecule has 0 fully saturated rings. The zero-order valence-corrected chi connectivity index (χ0v) is 10.8. The van der Waals surface area contributed by atoms with Crippen molar-refractivity contribution in [2.24, 2.45) is 5.92 Å². The van der Waals surface area contributed by atoms with Crippen LogP contribution in [0.1, 0.15) is 46.0 Å². The SMILES string of the molecule is CCCC(C)C(=O)N[C@H](CCCC(=O)O)C(=O)O. The van der Waals surface area contributed by atoms with Crippen LogP contribution in [0, 0.1) is 5.92 Å². The minimum Gasteiger partial charge on any atom is -0.481 e. The van der Waals surface area contributed by atoms with Gasteiger partial charge in [-0.15, -0.1) is 0 Å². The third-order valence-electron chi connectivity index (χ3n) is 2.67. The Morgan fingerprint density at radius 2 is 1.78 bits per heavy atom. The van der Waals surface area contributed by atoms with Gasteiger partial charge in [-0.2, -0.15) is 0 Å². The molecule has 3 N–H and O–H groups in total. The minimum absolute atomic E-state index is 0.0931. The first-order valence-electron chi connectivity index (χ1n) is 6.13. The minimum atomic E-state index is -1.13. The molecule has 0 aromatic heterocycles. The maximum Gasteiger partial charge on any atom is 0.326 e. The van der Waals surface area contributed by atoms with Gasteiger partial charge in [0, 0.05) is 12.3 Å². The van der Waals surface area contributed by atoms with Crippen molar-refractivity contribution < 1.29 is 24.6 Å². The van der Waals surface area contributed by atoms with Gasteiger partial charge in [0.1, 0.15) is 6.04 Å². The van der Waals surface area contributed by atoms with Gasteiger partial charge in [-0.3, -0.25) is 9.59 Å². The highest BCUT2D eigenvalue weighted by molar-refractivity contribution is 5.84. The number of amides is 1. The molecule has 6 heteroatoms. The number of aliphatic carboxylic acids is 2. The Morgan fingerprint density at radius 3 is 2.22 bits per heavy atom. The van der Waals surface area contributed by atoms with Crippen molar-refractivity contribution in [1.82, 2.24) is 5.32 Å². The molecule has 0 radical (unpaired) electrons. The molecule has 0 aliphatic heterocycles. The predicted octanol–water partition coefficient (Wildman–Crippen LogP) is 1.25. The summed E-state index contributed by atoms with van der Waals surface area (Å²) in [5.74, 6) is -2.61. The van der Waals surface area contributed by atoms with E-state index in [1.54, 1.807) is 6.92 Å². The van der Waals surface area contributed by atoms with Gasteiger partial charge in [0.2, 0.25) is 5.91 Å². The van der Waals surface area contributed by atoms with Crippen LogP contribution in [0.4, 0.5) is 0 Å². The summed E-state index contributed by atoms with van der Waals surface area (Å²) in [6.07, 6.45) is 1.82. The Morgan fingerprint density at radius 1 is 1.17 bits per heavy atom. The van der Waals surface area contributed by atoms with Crippen LogP contribution in [-0.2, 0) is 14.4 Å². The molecule has 0 spiro atoms. The molecular formula is C12H21NO5. The molecule has 6 nitrogen and oxygen atoms in total. The topological polar surface area (TPSA) is 104 Å². The van der Waals surface area contributed by atoms with Crippen molar-refractivity contribution in [3.63, 3.8) is 0 Å². The van der Waals surface area contributed by atoms with E-state index in [2.05, 4.69) is 5.32 Å². The lowest BCUT2D eigenvalue weighted by Crippen LogP contribution is -2.43. The van der Waals surface area contributed by atoms with Crippen molar-refractivity contribution in [3.8, 4) is 0 Å². The first kappa shape index (κ1) is 16.4. The molecule has 0 bridgehead atoms.